The first-order valence-corrected chi connectivity index (χ1v) is 8.87. The number of ether oxygens (including phenoxy) is 4. The molecule has 6 N–H and O–H groups in total. The minimum Gasteiger partial charge on any atom is -0.434 e. The number of aliphatic hydroxyl groups is 6. The Hall–Kier alpha value is -1.61. The van der Waals surface area contributed by atoms with Crippen LogP contribution in [0.15, 0.2) is 21.5 Å². The van der Waals surface area contributed by atoms with Gasteiger partial charge in [-0.25, -0.2) is 0 Å². The smallest absolute Gasteiger partial charge is 0.293 e. The summed E-state index contributed by atoms with van der Waals surface area (Å²) in [6.45, 7) is -0.477. The molecule has 0 amide bonds. The van der Waals surface area contributed by atoms with Crippen LogP contribution in [0.5, 0.6) is 5.95 Å². The number of rotatable bonds is 6. The summed E-state index contributed by atoms with van der Waals surface area (Å²) in [5, 5.41) is 59.4. The highest BCUT2D eigenvalue weighted by molar-refractivity contribution is 5.20. The fourth-order valence-corrected chi connectivity index (χ4v) is 3.05. The van der Waals surface area contributed by atoms with E-state index in [4.69, 9.17) is 23.4 Å². The van der Waals surface area contributed by atoms with Crippen molar-refractivity contribution in [2.45, 2.75) is 55.6 Å². The van der Waals surface area contributed by atoms with Crippen LogP contribution in [0.3, 0.4) is 0 Å². The lowest BCUT2D eigenvalue weighted by molar-refractivity contribution is -0.320. The summed E-state index contributed by atoms with van der Waals surface area (Å²) in [6.07, 6.45) is -9.55. The lowest BCUT2D eigenvalue weighted by Gasteiger charge is -2.42. The number of hydrogen-bond acceptors (Lipinski definition) is 12. The van der Waals surface area contributed by atoms with Crippen molar-refractivity contribution in [3.63, 3.8) is 0 Å². The van der Waals surface area contributed by atoms with E-state index in [1.54, 1.807) is 0 Å². The average molecular weight is 420 g/mol. The standard InChI is InChI=1S/C17H24O12/c1-7-8(20)2-3-25-14(7)29-15-12(11(22)10(21)9(4-18)27-15)28-16-13(23)17(24,5-19)6-26-16/h2-3,9-13,15-16,18-19,21-24H,4-6H2,1H3. The van der Waals surface area contributed by atoms with Crippen LogP contribution in [0.1, 0.15) is 5.56 Å². The Labute approximate surface area is 164 Å². The molecule has 8 atom stereocenters. The first-order chi connectivity index (χ1) is 13.7. The molecule has 1 aromatic heterocycles. The van der Waals surface area contributed by atoms with Gasteiger partial charge in [0, 0.05) is 6.07 Å². The van der Waals surface area contributed by atoms with Gasteiger partial charge in [-0.15, -0.1) is 0 Å². The van der Waals surface area contributed by atoms with Crippen LogP contribution in [0.25, 0.3) is 0 Å². The quantitative estimate of drug-likeness (QED) is 0.268. The zero-order valence-electron chi connectivity index (χ0n) is 15.5. The van der Waals surface area contributed by atoms with E-state index in [1.165, 1.54) is 13.0 Å². The average Bonchev–Trinajstić information content (AvgIpc) is 2.99. The molecule has 12 heteroatoms. The van der Waals surface area contributed by atoms with Crippen molar-refractivity contribution in [1.29, 1.82) is 0 Å². The summed E-state index contributed by atoms with van der Waals surface area (Å²) in [5.74, 6) is -0.240. The molecule has 164 valence electrons. The molecular weight excluding hydrogens is 396 g/mol. The van der Waals surface area contributed by atoms with Gasteiger partial charge in [-0.2, -0.15) is 0 Å². The summed E-state index contributed by atoms with van der Waals surface area (Å²) in [6, 6.07) is 1.17. The molecule has 2 saturated heterocycles. The molecule has 12 nitrogen and oxygen atoms in total. The van der Waals surface area contributed by atoms with Crippen molar-refractivity contribution >= 4 is 0 Å². The van der Waals surface area contributed by atoms with Crippen LogP contribution in [-0.4, -0.2) is 99.2 Å². The molecule has 0 saturated carbocycles. The number of aliphatic hydroxyl groups excluding tert-OH is 5. The highest BCUT2D eigenvalue weighted by Crippen LogP contribution is 2.32. The Kier molecular flexibility index (Phi) is 6.57. The van der Waals surface area contributed by atoms with Crippen LogP contribution in [0.2, 0.25) is 0 Å². The molecule has 8 unspecified atom stereocenters. The van der Waals surface area contributed by atoms with Gasteiger partial charge in [-0.1, -0.05) is 0 Å². The molecular formula is C17H24O12. The Balaban J connectivity index is 1.84. The molecule has 2 aliphatic heterocycles. The van der Waals surface area contributed by atoms with Crippen molar-refractivity contribution in [2.75, 3.05) is 19.8 Å². The van der Waals surface area contributed by atoms with Crippen molar-refractivity contribution in [3.05, 3.63) is 28.1 Å². The molecule has 0 aromatic carbocycles. The van der Waals surface area contributed by atoms with Gasteiger partial charge in [0.1, 0.15) is 30.0 Å². The monoisotopic (exact) mass is 420 g/mol. The highest BCUT2D eigenvalue weighted by atomic mass is 16.8. The summed E-state index contributed by atoms with van der Waals surface area (Å²) < 4.78 is 26.7. The van der Waals surface area contributed by atoms with Crippen LogP contribution < -0.4 is 10.2 Å². The fourth-order valence-electron chi connectivity index (χ4n) is 3.05. The second-order valence-corrected chi connectivity index (χ2v) is 7.01. The van der Waals surface area contributed by atoms with Gasteiger partial charge < -0.3 is 54.0 Å². The largest absolute Gasteiger partial charge is 0.434 e. The lowest BCUT2D eigenvalue weighted by Crippen LogP contribution is -2.62. The zero-order chi connectivity index (χ0) is 21.3. The Morgan fingerprint density at radius 3 is 2.55 bits per heavy atom. The minimum atomic E-state index is -1.98. The number of hydrogen-bond donors (Lipinski definition) is 6. The van der Waals surface area contributed by atoms with E-state index in [0.717, 1.165) is 6.26 Å². The van der Waals surface area contributed by atoms with E-state index < -0.39 is 68.5 Å². The maximum absolute atomic E-state index is 11.8. The second kappa shape index (κ2) is 8.63. The molecule has 3 rings (SSSR count). The normalized spacial score (nSPS) is 40.2. The van der Waals surface area contributed by atoms with Gasteiger partial charge in [-0.05, 0) is 6.92 Å². The predicted octanol–water partition coefficient (Wildman–Crippen LogP) is -3.41. The molecule has 0 aliphatic carbocycles. The molecule has 2 aliphatic rings. The first kappa shape index (κ1) is 22.1. The van der Waals surface area contributed by atoms with Crippen LogP contribution in [0, 0.1) is 6.92 Å². The van der Waals surface area contributed by atoms with Gasteiger partial charge >= 0.3 is 0 Å². The zero-order valence-corrected chi connectivity index (χ0v) is 15.5. The maximum atomic E-state index is 11.8. The fraction of sp³-hybridized carbons (Fsp3) is 0.706. The predicted molar refractivity (Wildman–Crippen MR) is 90.8 cm³/mol. The third-order valence-electron chi connectivity index (χ3n) is 4.99. The van der Waals surface area contributed by atoms with Crippen molar-refractivity contribution in [2.24, 2.45) is 0 Å². The summed E-state index contributed by atoms with van der Waals surface area (Å²) in [7, 11) is 0. The third kappa shape index (κ3) is 4.17. The third-order valence-corrected chi connectivity index (χ3v) is 4.99. The van der Waals surface area contributed by atoms with Gasteiger partial charge in [0.25, 0.3) is 5.95 Å². The van der Waals surface area contributed by atoms with E-state index in [2.05, 4.69) is 0 Å². The maximum Gasteiger partial charge on any atom is 0.293 e. The van der Waals surface area contributed by atoms with Gasteiger partial charge in [0.05, 0.1) is 31.6 Å². The van der Waals surface area contributed by atoms with E-state index in [-0.39, 0.29) is 16.9 Å². The molecule has 0 bridgehead atoms. The van der Waals surface area contributed by atoms with Crippen LogP contribution >= 0.6 is 0 Å². The van der Waals surface area contributed by atoms with Crippen molar-refractivity contribution in [3.8, 4) is 5.95 Å². The summed E-state index contributed by atoms with van der Waals surface area (Å²) in [4.78, 5) is 11.8. The molecule has 3 heterocycles. The second-order valence-electron chi connectivity index (χ2n) is 7.01. The Bertz CT molecular complexity index is 752. The van der Waals surface area contributed by atoms with Crippen molar-refractivity contribution in [1.82, 2.24) is 0 Å². The molecule has 29 heavy (non-hydrogen) atoms. The van der Waals surface area contributed by atoms with E-state index in [1.807, 2.05) is 0 Å². The molecule has 1 aromatic rings. The van der Waals surface area contributed by atoms with Gasteiger partial charge in [0.2, 0.25) is 6.29 Å². The molecule has 2 fully saturated rings. The molecule has 0 radical (unpaired) electrons. The van der Waals surface area contributed by atoms with Gasteiger partial charge in [0.15, 0.2) is 17.8 Å². The first-order valence-electron chi connectivity index (χ1n) is 8.87. The molecule has 0 spiro atoms. The highest BCUT2D eigenvalue weighted by Gasteiger charge is 2.53. The van der Waals surface area contributed by atoms with E-state index in [9.17, 15) is 35.4 Å². The van der Waals surface area contributed by atoms with Crippen LogP contribution in [0.4, 0.5) is 0 Å². The SMILES string of the molecule is Cc1c(OC2OC(CO)C(O)C(O)C2OC2OCC(O)(CO)C2O)occc1=O. The summed E-state index contributed by atoms with van der Waals surface area (Å²) in [5.41, 5.74) is -2.26. The van der Waals surface area contributed by atoms with Crippen LogP contribution in [-0.2, 0) is 14.2 Å². The van der Waals surface area contributed by atoms with Crippen molar-refractivity contribution < 1.29 is 54.0 Å². The topological polar surface area (TPSA) is 189 Å². The Morgan fingerprint density at radius 2 is 1.93 bits per heavy atom. The van der Waals surface area contributed by atoms with E-state index in [0.29, 0.717) is 0 Å². The lowest BCUT2D eigenvalue weighted by atomic mass is 9.98. The summed E-state index contributed by atoms with van der Waals surface area (Å²) >= 11 is 0. The van der Waals surface area contributed by atoms with Gasteiger partial charge in [-0.3, -0.25) is 4.79 Å². The Morgan fingerprint density at radius 1 is 1.21 bits per heavy atom. The van der Waals surface area contributed by atoms with E-state index >= 15 is 0 Å². The minimum absolute atomic E-state index is 0.0998.